The molecule has 0 radical (unpaired) electrons. The fraction of sp³-hybridized carbons (Fsp3) is 1.00. The van der Waals surface area contributed by atoms with Crippen molar-refractivity contribution >= 4 is 0 Å². The third-order valence-electron chi connectivity index (χ3n) is 13.5. The molecule has 0 aromatic carbocycles. The topological polar surface area (TPSA) is 0 Å². The molecular weight excluding hydrogens is 360 g/mol. The van der Waals surface area contributed by atoms with E-state index in [1.165, 1.54) is 64.2 Å². The van der Waals surface area contributed by atoms with Crippen molar-refractivity contribution in [1.82, 2.24) is 0 Å². The fourth-order valence-electron chi connectivity index (χ4n) is 11.8. The van der Waals surface area contributed by atoms with Gasteiger partial charge in [0.05, 0.1) is 0 Å². The van der Waals surface area contributed by atoms with Crippen molar-refractivity contribution in [3.63, 3.8) is 0 Å². The largest absolute Gasteiger partial charge is 0.0625 e. The number of fused-ring (bicyclic) bond motifs is 7. The maximum Gasteiger partial charge on any atom is -0.0235 e. The molecule has 172 valence electrons. The first-order valence-electron chi connectivity index (χ1n) is 13.9. The minimum absolute atomic E-state index is 0.561. The van der Waals surface area contributed by atoms with E-state index in [-0.39, 0.29) is 0 Å². The van der Waals surface area contributed by atoms with Crippen LogP contribution in [0.4, 0.5) is 0 Å². The Morgan fingerprint density at radius 2 is 1.37 bits per heavy atom. The second kappa shape index (κ2) is 6.53. The Hall–Kier alpha value is 0. The molecule has 30 heavy (non-hydrogen) atoms. The zero-order valence-electron chi connectivity index (χ0n) is 21.7. The van der Waals surface area contributed by atoms with Crippen molar-refractivity contribution < 1.29 is 0 Å². The van der Waals surface area contributed by atoms with Gasteiger partial charge in [-0.2, -0.15) is 0 Å². The molecule has 5 rings (SSSR count). The maximum absolute atomic E-state index is 2.82. The molecule has 5 fully saturated rings. The molecule has 0 aliphatic heterocycles. The predicted molar refractivity (Wildman–Crippen MR) is 129 cm³/mol. The first kappa shape index (κ1) is 21.8. The van der Waals surface area contributed by atoms with Crippen molar-refractivity contribution in [2.24, 2.45) is 62.6 Å². The monoisotopic (exact) mass is 412 g/mol. The van der Waals surface area contributed by atoms with Gasteiger partial charge in [0.25, 0.3) is 0 Å². The molecule has 9 atom stereocenters. The number of hydrogen-bond donors (Lipinski definition) is 0. The van der Waals surface area contributed by atoms with Gasteiger partial charge < -0.3 is 0 Å². The Kier molecular flexibility index (Phi) is 4.75. The van der Waals surface area contributed by atoms with Gasteiger partial charge in [0.15, 0.2) is 0 Å². The smallest absolute Gasteiger partial charge is 0.0235 e. The van der Waals surface area contributed by atoms with Gasteiger partial charge in [-0.3, -0.25) is 0 Å². The lowest BCUT2D eigenvalue weighted by atomic mass is 9.32. The molecule has 5 unspecified atom stereocenters. The van der Waals surface area contributed by atoms with Gasteiger partial charge in [0.1, 0.15) is 0 Å². The van der Waals surface area contributed by atoms with E-state index in [1.54, 1.807) is 6.42 Å². The summed E-state index contributed by atoms with van der Waals surface area (Å²) in [6.45, 7) is 21.4. The summed E-state index contributed by atoms with van der Waals surface area (Å²) in [6.07, 6.45) is 16.6. The molecule has 5 aliphatic carbocycles. The van der Waals surface area contributed by atoms with Crippen LogP contribution in [0.2, 0.25) is 0 Å². The Balaban J connectivity index is 1.54. The molecule has 0 saturated heterocycles. The second-order valence-electron chi connectivity index (χ2n) is 15.1. The van der Waals surface area contributed by atoms with E-state index < -0.39 is 0 Å². The van der Waals surface area contributed by atoms with E-state index in [1.807, 2.05) is 0 Å². The highest BCUT2D eigenvalue weighted by molar-refractivity contribution is 5.18. The minimum atomic E-state index is 0.561. The molecule has 0 aromatic heterocycles. The van der Waals surface area contributed by atoms with Gasteiger partial charge in [-0.25, -0.2) is 0 Å². The average molecular weight is 413 g/mol. The molecule has 0 nitrogen and oxygen atoms in total. The summed E-state index contributed by atoms with van der Waals surface area (Å²) in [5.74, 6) is 5.78. The van der Waals surface area contributed by atoms with Gasteiger partial charge in [-0.1, -0.05) is 61.8 Å². The van der Waals surface area contributed by atoms with Crippen LogP contribution in [-0.2, 0) is 0 Å². The van der Waals surface area contributed by atoms with E-state index in [0.717, 1.165) is 35.5 Å². The van der Waals surface area contributed by atoms with Crippen LogP contribution >= 0.6 is 0 Å². The van der Waals surface area contributed by atoms with E-state index in [2.05, 4.69) is 55.4 Å². The van der Waals surface area contributed by atoms with Crippen LogP contribution in [0.15, 0.2) is 0 Å². The van der Waals surface area contributed by atoms with Crippen molar-refractivity contribution in [1.29, 1.82) is 0 Å². The molecule has 0 heteroatoms. The Morgan fingerprint density at radius 1 is 0.633 bits per heavy atom. The van der Waals surface area contributed by atoms with E-state index in [9.17, 15) is 0 Å². The van der Waals surface area contributed by atoms with Crippen LogP contribution in [0.3, 0.4) is 0 Å². The maximum atomic E-state index is 2.82. The molecule has 0 bridgehead atoms. The summed E-state index contributed by atoms with van der Waals surface area (Å²) in [5.41, 5.74) is 2.95. The highest BCUT2D eigenvalue weighted by Crippen LogP contribution is 2.77. The molecule has 0 aromatic rings. The molecule has 0 N–H and O–H groups in total. The van der Waals surface area contributed by atoms with Gasteiger partial charge in [-0.05, 0) is 127 Å². The molecule has 0 amide bonds. The first-order valence-corrected chi connectivity index (χ1v) is 13.9. The lowest BCUT2D eigenvalue weighted by Crippen LogP contribution is -2.65. The van der Waals surface area contributed by atoms with E-state index in [4.69, 9.17) is 0 Å². The molecule has 0 spiro atoms. The highest BCUT2D eigenvalue weighted by atomic mass is 14.7. The zero-order chi connectivity index (χ0) is 21.7. The van der Waals surface area contributed by atoms with Crippen LogP contribution in [0, 0.1) is 62.6 Å². The summed E-state index contributed by atoms with van der Waals surface area (Å²) in [5, 5.41) is 0. The third kappa shape index (κ3) is 2.58. The van der Waals surface area contributed by atoms with E-state index >= 15 is 0 Å². The molecular formula is C30H52. The molecule has 0 heterocycles. The van der Waals surface area contributed by atoms with Crippen LogP contribution in [0.25, 0.3) is 0 Å². The van der Waals surface area contributed by atoms with Crippen molar-refractivity contribution in [3.8, 4) is 0 Å². The Morgan fingerprint density at radius 3 is 2.07 bits per heavy atom. The van der Waals surface area contributed by atoms with Crippen molar-refractivity contribution in [3.05, 3.63) is 0 Å². The molecule has 5 saturated carbocycles. The third-order valence-corrected chi connectivity index (χ3v) is 13.5. The lowest BCUT2D eigenvalue weighted by Gasteiger charge is -2.72. The first-order chi connectivity index (χ1) is 13.9. The Bertz CT molecular complexity index is 688. The van der Waals surface area contributed by atoms with Crippen LogP contribution in [-0.4, -0.2) is 0 Å². The minimum Gasteiger partial charge on any atom is -0.0625 e. The SMILES string of the molecule is CC(C)C1CC[C@]2(C)CC[C@]3(C)C(CCC4[C@@]5(C)CCCC(C)(C)C5CC[C@]43C)C12. The quantitative estimate of drug-likeness (QED) is 0.402. The number of hydrogen-bond acceptors (Lipinski definition) is 0. The van der Waals surface area contributed by atoms with Gasteiger partial charge in [0, 0.05) is 0 Å². The fourth-order valence-corrected chi connectivity index (χ4v) is 11.8. The summed E-state index contributed by atoms with van der Waals surface area (Å²) in [6, 6.07) is 0. The zero-order valence-corrected chi connectivity index (χ0v) is 21.7. The van der Waals surface area contributed by atoms with E-state index in [0.29, 0.717) is 27.1 Å². The van der Waals surface area contributed by atoms with Crippen LogP contribution < -0.4 is 0 Å². The number of rotatable bonds is 1. The normalized spacial score (nSPS) is 57.3. The highest BCUT2D eigenvalue weighted by Gasteiger charge is 2.69. The molecule has 5 aliphatic rings. The van der Waals surface area contributed by atoms with Crippen molar-refractivity contribution in [2.75, 3.05) is 0 Å². The predicted octanol–water partition coefficient (Wildman–Crippen LogP) is 9.13. The summed E-state index contributed by atoms with van der Waals surface area (Å²) in [7, 11) is 0. The standard InChI is InChI=1S/C30H52/c1-20(2)21-12-16-27(5)18-19-29(7)22(25(21)27)10-11-24-28(6)15-9-14-26(3,4)23(28)13-17-30(24,29)8/h20-25H,9-19H2,1-8H3/t21?,22?,23?,24?,25?,27-,28+,29-,30-/m1/s1. The van der Waals surface area contributed by atoms with Gasteiger partial charge in [-0.15, -0.1) is 0 Å². The summed E-state index contributed by atoms with van der Waals surface area (Å²) >= 11 is 0. The van der Waals surface area contributed by atoms with Gasteiger partial charge >= 0.3 is 0 Å². The Labute approximate surface area is 188 Å². The van der Waals surface area contributed by atoms with Crippen LogP contribution in [0.1, 0.15) is 126 Å². The average Bonchev–Trinajstić information content (AvgIpc) is 2.99. The lowest BCUT2D eigenvalue weighted by molar-refractivity contribution is -0.236. The van der Waals surface area contributed by atoms with Crippen molar-refractivity contribution in [2.45, 2.75) is 126 Å². The summed E-state index contributed by atoms with van der Waals surface area (Å²) < 4.78 is 0. The second-order valence-corrected chi connectivity index (χ2v) is 15.1. The summed E-state index contributed by atoms with van der Waals surface area (Å²) in [4.78, 5) is 0. The van der Waals surface area contributed by atoms with Gasteiger partial charge in [0.2, 0.25) is 0 Å². The van der Waals surface area contributed by atoms with Crippen LogP contribution in [0.5, 0.6) is 0 Å².